The first-order valence-corrected chi connectivity index (χ1v) is 41.7. The van der Waals surface area contributed by atoms with Crippen LogP contribution in [0.15, 0.2) is 152 Å². The van der Waals surface area contributed by atoms with E-state index in [1.54, 1.807) is 0 Å². The number of carbonyl (C=O) groups excluding carboxylic acids is 4. The molecule has 17 rings (SSSR count). The average Bonchev–Trinajstić information content (AvgIpc) is 1.44. The third-order valence-corrected chi connectivity index (χ3v) is 24.9. The van der Waals surface area contributed by atoms with Crippen molar-refractivity contribution in [2.75, 3.05) is 6.61 Å². The summed E-state index contributed by atoms with van der Waals surface area (Å²) in [6.45, 7) is 3.61. The molecule has 137 heavy (non-hydrogen) atoms. The van der Waals surface area contributed by atoms with Crippen molar-refractivity contribution < 1.29 is 200 Å². The Morgan fingerprint density at radius 1 is 0.314 bits per heavy atom. The standard InChI is InChI=1S/C97H82O40/c1-97(2)13-11-34(33-97)12-14-129-67-32-58(112)74-77(71-55(109)30-49(103)44-29-69(131-93(125)39-19-59(113)79(121)60(114)20-39)83(132-87(44)71)35-3-7-45(99)50(104)15-35)91(136-95(127)41-23-63(117)81(123)64(118)24-41)85(37-5-9-47(101)52(106)17-37)134-89(74)75(67)78-73-57(111)31-56(110)72(88(73)133-86(38-6-10-48(102)53(107)18-38)92(78)137-96(128)42-25-65(119)82(124)66(120)26-42)76-70-54(108)27-43(98)28-68(70)130-84(36-4-8-46(100)51(105)16-36)90(76)135-94(126)40-21-61(115)80(122)62(116)22-40/h3-10,15-28,30-32,34,69,76-78,83-86,90-92,98-124H,11-14,29,33H2,1-2H3. The number of rotatable bonds is 19. The van der Waals surface area contributed by atoms with E-state index in [9.17, 15) is 143 Å². The van der Waals surface area contributed by atoms with E-state index in [1.807, 2.05) is 13.8 Å². The van der Waals surface area contributed by atoms with Crippen molar-refractivity contribution in [2.24, 2.45) is 11.3 Å². The van der Waals surface area contributed by atoms with Crippen LogP contribution in [0.2, 0.25) is 0 Å². The highest BCUT2D eigenvalue weighted by Gasteiger charge is 2.57. The molecular formula is C97H82O40. The summed E-state index contributed by atoms with van der Waals surface area (Å²) in [5.41, 5.74) is -9.88. The quantitative estimate of drug-likeness (QED) is 0.0203. The van der Waals surface area contributed by atoms with E-state index in [2.05, 4.69) is 0 Å². The fourth-order valence-corrected chi connectivity index (χ4v) is 18.5. The normalized spacial score (nSPS) is 20.5. The smallest absolute Gasteiger partial charge is 0.338 e. The first-order chi connectivity index (χ1) is 64.9. The summed E-state index contributed by atoms with van der Waals surface area (Å²) in [4.78, 5) is 61.5. The molecule has 0 radical (unpaired) electrons. The SMILES string of the molecule is CC1(C)CCC(CCOc2cc(O)c3c(c2C2c4c(O)cc(O)c(C5c6c(O)cc(O)cc6OC(c6ccc(O)c(O)c6)C5OC(=O)c5cc(O)c(O)c(O)c5)c4OC(c4ccc(O)c(O)c4)C2OC(=O)c2cc(O)c(O)c(O)c2)OC(c2ccc(O)c(O)c2)C(OC(=O)c2cc(O)c(O)c(O)c2)C3c2c(O)cc(O)c3c2OC(c2ccc(O)c(O)c2)C(OC(=O)c2cc(O)c(O)c(O)c2)C3)C1. The topological polar surface area (TPSA) is 698 Å². The molecule has 12 unspecified atom stereocenters. The first-order valence-electron chi connectivity index (χ1n) is 41.7. The summed E-state index contributed by atoms with van der Waals surface area (Å²) in [5.74, 6) is -45.3. The lowest BCUT2D eigenvalue weighted by Crippen LogP contribution is -2.43. The maximum Gasteiger partial charge on any atom is 0.338 e. The molecule has 4 heterocycles. The number of hydrogen-bond acceptors (Lipinski definition) is 40. The number of ether oxygens (including phenoxy) is 9. The Hall–Kier alpha value is -17.9. The summed E-state index contributed by atoms with van der Waals surface area (Å²) in [6, 6.07) is 20.4. The molecule has 0 spiro atoms. The third kappa shape index (κ3) is 16.5. The Morgan fingerprint density at radius 2 is 0.635 bits per heavy atom. The highest BCUT2D eigenvalue weighted by Crippen LogP contribution is 2.67. The molecule has 0 saturated heterocycles. The van der Waals surface area contributed by atoms with E-state index in [0.29, 0.717) is 79.9 Å². The van der Waals surface area contributed by atoms with Crippen LogP contribution in [-0.4, -0.2) is 193 Å². The largest absolute Gasteiger partial charge is 0.508 e. The number of fused-ring (bicyclic) bond motifs is 4. The predicted molar refractivity (Wildman–Crippen MR) is 463 cm³/mol. The number of esters is 4. The molecule has 40 nitrogen and oxygen atoms in total. The minimum Gasteiger partial charge on any atom is -0.508 e. The molecule has 0 bridgehead atoms. The zero-order valence-corrected chi connectivity index (χ0v) is 71.0. The highest BCUT2D eigenvalue weighted by atomic mass is 16.6. The second-order valence-electron chi connectivity index (χ2n) is 34.3. The van der Waals surface area contributed by atoms with Gasteiger partial charge in [-0.3, -0.25) is 0 Å². The molecule has 0 amide bonds. The van der Waals surface area contributed by atoms with Gasteiger partial charge in [0, 0.05) is 98.0 Å². The van der Waals surface area contributed by atoms with Gasteiger partial charge in [-0.15, -0.1) is 0 Å². The van der Waals surface area contributed by atoms with Crippen LogP contribution in [0.25, 0.3) is 0 Å². The van der Waals surface area contributed by atoms with E-state index in [4.69, 9.17) is 42.6 Å². The van der Waals surface area contributed by atoms with Crippen molar-refractivity contribution in [1.82, 2.24) is 0 Å². The number of phenols is 27. The molecule has 1 fully saturated rings. The first kappa shape index (κ1) is 91.0. The third-order valence-electron chi connectivity index (χ3n) is 24.9. The van der Waals surface area contributed by atoms with Gasteiger partial charge in [0.2, 0.25) is 0 Å². The van der Waals surface area contributed by atoms with Crippen molar-refractivity contribution in [3.8, 4) is 184 Å². The average molecular weight is 1890 g/mol. The van der Waals surface area contributed by atoms with Gasteiger partial charge >= 0.3 is 23.9 Å². The van der Waals surface area contributed by atoms with Crippen LogP contribution in [0.5, 0.6) is 184 Å². The maximum atomic E-state index is 16.0. The van der Waals surface area contributed by atoms with Crippen LogP contribution < -0.4 is 23.7 Å². The van der Waals surface area contributed by atoms with Crippen molar-refractivity contribution >= 4 is 23.9 Å². The Balaban J connectivity index is 1.01. The van der Waals surface area contributed by atoms with Crippen molar-refractivity contribution in [1.29, 1.82) is 0 Å². The number of benzene rings is 12. The molecule has 5 aliphatic rings. The van der Waals surface area contributed by atoms with Gasteiger partial charge in [-0.2, -0.15) is 0 Å². The van der Waals surface area contributed by atoms with Crippen molar-refractivity contribution in [3.63, 3.8) is 0 Å². The van der Waals surface area contributed by atoms with Crippen LogP contribution in [0.4, 0.5) is 0 Å². The molecule has 12 aromatic carbocycles. The summed E-state index contributed by atoms with van der Waals surface area (Å²) in [6.07, 6.45) is -16.7. The summed E-state index contributed by atoms with van der Waals surface area (Å²) < 4.78 is 61.0. The fraction of sp³-hybridized carbons (Fsp3) is 0.216. The minimum absolute atomic E-state index is 0.127. The second-order valence-corrected chi connectivity index (χ2v) is 34.3. The lowest BCUT2D eigenvalue weighted by molar-refractivity contribution is -0.0364. The zero-order chi connectivity index (χ0) is 98.2. The van der Waals surface area contributed by atoms with Gasteiger partial charge in [0.25, 0.3) is 0 Å². The maximum absolute atomic E-state index is 16.0. The number of hydrogen-bond donors (Lipinski definition) is 27. The van der Waals surface area contributed by atoms with E-state index in [1.165, 1.54) is 0 Å². The van der Waals surface area contributed by atoms with Gasteiger partial charge in [-0.1, -0.05) is 38.1 Å². The molecular weight excluding hydrogens is 1810 g/mol. The van der Waals surface area contributed by atoms with E-state index in [0.717, 1.165) is 91.0 Å². The van der Waals surface area contributed by atoms with Gasteiger partial charge in [-0.25, -0.2) is 19.2 Å². The molecule has 27 N–H and O–H groups in total. The van der Waals surface area contributed by atoms with Crippen LogP contribution in [0, 0.1) is 11.3 Å². The predicted octanol–water partition coefficient (Wildman–Crippen LogP) is 12.7. The number of aromatic hydroxyl groups is 27. The molecule has 1 aliphatic carbocycles. The molecule has 1 saturated carbocycles. The van der Waals surface area contributed by atoms with Crippen molar-refractivity contribution in [2.45, 2.75) is 113 Å². The van der Waals surface area contributed by atoms with E-state index < -0.39 is 360 Å². The van der Waals surface area contributed by atoms with Gasteiger partial charge in [0.15, 0.2) is 158 Å². The summed E-state index contributed by atoms with van der Waals surface area (Å²) >= 11 is 0. The van der Waals surface area contributed by atoms with Gasteiger partial charge in [-0.05, 0) is 134 Å². The monoisotopic (exact) mass is 1890 g/mol. The number of phenolic OH excluding ortho intramolecular Hbond substituents is 27. The molecule has 40 heteroatoms. The minimum atomic E-state index is -2.52. The van der Waals surface area contributed by atoms with Crippen LogP contribution in [0.3, 0.4) is 0 Å². The van der Waals surface area contributed by atoms with Gasteiger partial charge in [0.1, 0.15) is 75.1 Å². The Morgan fingerprint density at radius 3 is 1.01 bits per heavy atom. The van der Waals surface area contributed by atoms with Crippen molar-refractivity contribution in [3.05, 3.63) is 235 Å². The highest BCUT2D eigenvalue weighted by molar-refractivity contribution is 5.94. The van der Waals surface area contributed by atoms with E-state index >= 15 is 14.4 Å². The molecule has 12 atom stereocenters. The second kappa shape index (κ2) is 34.4. The van der Waals surface area contributed by atoms with Crippen LogP contribution in [0.1, 0.15) is 184 Å². The zero-order valence-electron chi connectivity index (χ0n) is 71.0. The molecule has 0 aromatic heterocycles. The Bertz CT molecular complexity index is 6910. The summed E-state index contributed by atoms with van der Waals surface area (Å²) in [7, 11) is 0. The Labute approximate surface area is 769 Å². The molecule has 4 aliphatic heterocycles. The number of carbonyl (C=O) groups is 4. The molecule has 710 valence electrons. The summed E-state index contributed by atoms with van der Waals surface area (Å²) in [5, 5.41) is 312. The van der Waals surface area contributed by atoms with Crippen LogP contribution >= 0.6 is 0 Å². The van der Waals surface area contributed by atoms with Crippen LogP contribution in [-0.2, 0) is 25.4 Å². The fourth-order valence-electron chi connectivity index (χ4n) is 18.5. The lowest BCUT2D eigenvalue weighted by atomic mass is 9.71. The lowest BCUT2D eigenvalue weighted by Gasteiger charge is -2.46. The van der Waals surface area contributed by atoms with Gasteiger partial charge in [0.05, 0.1) is 46.6 Å². The van der Waals surface area contributed by atoms with Gasteiger partial charge < -0.3 is 181 Å². The van der Waals surface area contributed by atoms with E-state index in [-0.39, 0.29) is 28.9 Å². The molecule has 12 aromatic rings. The Kier molecular flexibility index (Phi) is 22.8.